The van der Waals surface area contributed by atoms with Gasteiger partial charge in [-0.3, -0.25) is 19.7 Å². The van der Waals surface area contributed by atoms with Crippen LogP contribution >= 0.6 is 0 Å². The molecule has 198 valence electrons. The van der Waals surface area contributed by atoms with Crippen LogP contribution in [0.2, 0.25) is 0 Å². The molecular weight excluding hydrogens is 500 g/mol. The number of amides is 2. The Morgan fingerprint density at radius 3 is 2.33 bits per heavy atom. The van der Waals surface area contributed by atoms with Crippen LogP contribution in [0, 0.1) is 10.1 Å². The number of hydrogen-bond acceptors (Lipinski definition) is 8. The van der Waals surface area contributed by atoms with Gasteiger partial charge in [0.2, 0.25) is 0 Å². The Labute approximate surface area is 223 Å². The number of rotatable bonds is 10. The molecule has 39 heavy (non-hydrogen) atoms. The number of aromatic nitrogens is 2. The van der Waals surface area contributed by atoms with Crippen molar-refractivity contribution in [2.24, 2.45) is 16.0 Å². The first-order chi connectivity index (χ1) is 18.8. The van der Waals surface area contributed by atoms with Gasteiger partial charge in [-0.05, 0) is 56.3 Å². The van der Waals surface area contributed by atoms with E-state index in [-0.39, 0.29) is 23.0 Å². The lowest BCUT2D eigenvalue weighted by Gasteiger charge is -2.22. The number of nitrogens with one attached hydrogen (secondary N) is 1. The topological polar surface area (TPSA) is 161 Å². The second-order valence-corrected chi connectivity index (χ2v) is 8.33. The zero-order chi connectivity index (χ0) is 27.9. The van der Waals surface area contributed by atoms with Crippen LogP contribution in [0.4, 0.5) is 28.6 Å². The highest BCUT2D eigenvalue weighted by Crippen LogP contribution is 2.33. The third-order valence-corrected chi connectivity index (χ3v) is 5.96. The Hall–Kier alpha value is -5.39. The van der Waals surface area contributed by atoms with Gasteiger partial charge in [0.25, 0.3) is 17.5 Å². The van der Waals surface area contributed by atoms with E-state index in [1.807, 2.05) is 32.0 Å². The van der Waals surface area contributed by atoms with Gasteiger partial charge in [-0.2, -0.15) is 5.10 Å². The zero-order valence-electron chi connectivity index (χ0n) is 21.3. The summed E-state index contributed by atoms with van der Waals surface area (Å²) in [6, 6.07) is 19.7. The van der Waals surface area contributed by atoms with Crippen LogP contribution in [-0.2, 0) is 0 Å². The maximum atomic E-state index is 13.0. The maximum Gasteiger partial charge on any atom is 0.269 e. The fraction of sp³-hybridized carbons (Fsp3) is 0.148. The SMILES string of the molecule is CCN(CC)c1ccc(N=Nc2c(C(N)=O)cnn2-c2ccc([N+](=O)[O-])cc2)c(NC(=O)c2ccccc2)c1. The molecule has 0 radical (unpaired) electrons. The zero-order valence-corrected chi connectivity index (χ0v) is 21.3. The van der Waals surface area contributed by atoms with Gasteiger partial charge in [-0.1, -0.05) is 18.2 Å². The number of carbonyl (C=O) groups is 2. The minimum Gasteiger partial charge on any atom is -0.372 e. The molecule has 0 saturated heterocycles. The van der Waals surface area contributed by atoms with E-state index in [4.69, 9.17) is 5.73 Å². The lowest BCUT2D eigenvalue weighted by atomic mass is 10.2. The van der Waals surface area contributed by atoms with Gasteiger partial charge in [0.15, 0.2) is 5.82 Å². The first kappa shape index (κ1) is 26.7. The minimum atomic E-state index is -0.772. The molecule has 0 aliphatic carbocycles. The summed E-state index contributed by atoms with van der Waals surface area (Å²) in [6.07, 6.45) is 1.25. The normalized spacial score (nSPS) is 10.9. The highest BCUT2D eigenvalue weighted by molar-refractivity contribution is 6.06. The van der Waals surface area contributed by atoms with Gasteiger partial charge >= 0.3 is 0 Å². The molecule has 3 aromatic carbocycles. The summed E-state index contributed by atoms with van der Waals surface area (Å²) in [4.78, 5) is 37.7. The van der Waals surface area contributed by atoms with Gasteiger partial charge in [-0.25, -0.2) is 4.68 Å². The molecular formula is C27H26N8O4. The van der Waals surface area contributed by atoms with Crippen molar-refractivity contribution in [3.63, 3.8) is 0 Å². The minimum absolute atomic E-state index is 0.00624. The van der Waals surface area contributed by atoms with Crippen LogP contribution in [0.25, 0.3) is 5.69 Å². The molecule has 4 aromatic rings. The molecule has 1 aromatic heterocycles. The Bertz CT molecular complexity index is 1530. The van der Waals surface area contributed by atoms with Crippen LogP contribution in [0.5, 0.6) is 0 Å². The van der Waals surface area contributed by atoms with Crippen molar-refractivity contribution in [3.8, 4) is 5.69 Å². The molecule has 0 saturated carbocycles. The number of nitro groups is 1. The Balaban J connectivity index is 1.76. The second-order valence-electron chi connectivity index (χ2n) is 8.33. The fourth-order valence-electron chi connectivity index (χ4n) is 3.90. The molecule has 12 nitrogen and oxygen atoms in total. The van der Waals surface area contributed by atoms with Crippen LogP contribution in [0.1, 0.15) is 34.6 Å². The summed E-state index contributed by atoms with van der Waals surface area (Å²) in [7, 11) is 0. The van der Waals surface area contributed by atoms with E-state index < -0.39 is 10.8 Å². The number of primary amides is 1. The van der Waals surface area contributed by atoms with Gasteiger partial charge in [0.05, 0.1) is 22.5 Å². The number of azo groups is 1. The van der Waals surface area contributed by atoms with Gasteiger partial charge in [0.1, 0.15) is 11.3 Å². The lowest BCUT2D eigenvalue weighted by Crippen LogP contribution is -2.22. The number of hydrogen-bond donors (Lipinski definition) is 2. The highest BCUT2D eigenvalue weighted by atomic mass is 16.6. The van der Waals surface area contributed by atoms with E-state index in [9.17, 15) is 19.7 Å². The Kier molecular flexibility index (Phi) is 8.05. The van der Waals surface area contributed by atoms with Crippen molar-refractivity contribution in [1.82, 2.24) is 9.78 Å². The van der Waals surface area contributed by atoms with Crippen molar-refractivity contribution < 1.29 is 14.5 Å². The molecule has 0 bridgehead atoms. The fourth-order valence-corrected chi connectivity index (χ4v) is 3.90. The average Bonchev–Trinajstić information content (AvgIpc) is 3.38. The van der Waals surface area contributed by atoms with Crippen LogP contribution in [-0.4, -0.2) is 39.6 Å². The third kappa shape index (κ3) is 5.96. The molecule has 0 aliphatic rings. The largest absolute Gasteiger partial charge is 0.372 e. The lowest BCUT2D eigenvalue weighted by molar-refractivity contribution is -0.384. The molecule has 12 heteroatoms. The number of benzene rings is 3. The summed E-state index contributed by atoms with van der Waals surface area (Å²) in [5.74, 6) is -1.06. The summed E-state index contributed by atoms with van der Waals surface area (Å²) in [5.41, 5.74) is 7.97. The van der Waals surface area contributed by atoms with E-state index in [1.54, 1.807) is 30.3 Å². The number of nitrogens with two attached hydrogens (primary N) is 1. The van der Waals surface area contributed by atoms with Crippen LogP contribution < -0.4 is 16.0 Å². The van der Waals surface area contributed by atoms with Crippen molar-refractivity contribution in [2.45, 2.75) is 13.8 Å². The van der Waals surface area contributed by atoms with Crippen LogP contribution in [0.3, 0.4) is 0 Å². The quantitative estimate of drug-likeness (QED) is 0.160. The van der Waals surface area contributed by atoms with E-state index in [0.29, 0.717) is 22.6 Å². The number of carbonyl (C=O) groups excluding carboxylic acids is 2. The molecule has 4 rings (SSSR count). The molecule has 1 heterocycles. The molecule has 2 amide bonds. The van der Waals surface area contributed by atoms with E-state index in [2.05, 4.69) is 25.5 Å². The number of nitro benzene ring substituents is 1. The predicted molar refractivity (Wildman–Crippen MR) is 147 cm³/mol. The highest BCUT2D eigenvalue weighted by Gasteiger charge is 2.18. The Morgan fingerprint density at radius 2 is 1.72 bits per heavy atom. The summed E-state index contributed by atoms with van der Waals surface area (Å²) >= 11 is 0. The number of non-ortho nitro benzene ring substituents is 1. The molecule has 0 aliphatic heterocycles. The number of anilines is 2. The predicted octanol–water partition coefficient (Wildman–Crippen LogP) is 5.39. The molecule has 0 fully saturated rings. The van der Waals surface area contributed by atoms with E-state index in [0.717, 1.165) is 18.8 Å². The summed E-state index contributed by atoms with van der Waals surface area (Å²) in [5, 5.41) is 26.7. The van der Waals surface area contributed by atoms with Crippen LogP contribution in [0.15, 0.2) is 89.2 Å². The first-order valence-corrected chi connectivity index (χ1v) is 12.1. The van der Waals surface area contributed by atoms with Crippen molar-refractivity contribution in [2.75, 3.05) is 23.3 Å². The van der Waals surface area contributed by atoms with Gasteiger partial charge < -0.3 is 16.0 Å². The van der Waals surface area contributed by atoms with E-state index >= 15 is 0 Å². The smallest absolute Gasteiger partial charge is 0.269 e. The van der Waals surface area contributed by atoms with Crippen molar-refractivity contribution >= 4 is 40.4 Å². The summed E-state index contributed by atoms with van der Waals surface area (Å²) < 4.78 is 1.31. The Morgan fingerprint density at radius 1 is 1.03 bits per heavy atom. The third-order valence-electron chi connectivity index (χ3n) is 5.96. The maximum absolute atomic E-state index is 13.0. The molecule has 0 unspecified atom stereocenters. The van der Waals surface area contributed by atoms with Gasteiger partial charge in [0, 0.05) is 36.5 Å². The van der Waals surface area contributed by atoms with Gasteiger partial charge in [-0.15, -0.1) is 10.2 Å². The standard InChI is InChI=1S/C27H26N8O4/c1-3-33(4-2)21-14-15-23(24(16-21)30-27(37)18-8-6-5-7-9-18)31-32-26-22(25(28)36)17-29-34(26)19-10-12-20(13-11-19)35(38)39/h5-17H,3-4H2,1-2H3,(H2,28,36)(H,30,37). The molecule has 0 atom stereocenters. The first-order valence-electron chi connectivity index (χ1n) is 12.1. The average molecular weight is 527 g/mol. The summed E-state index contributed by atoms with van der Waals surface area (Å²) in [6.45, 7) is 5.59. The van der Waals surface area contributed by atoms with Crippen molar-refractivity contribution in [1.29, 1.82) is 0 Å². The number of nitrogens with zero attached hydrogens (tertiary/aromatic N) is 6. The van der Waals surface area contributed by atoms with E-state index in [1.165, 1.54) is 35.1 Å². The molecule has 3 N–H and O–H groups in total. The van der Waals surface area contributed by atoms with Crippen molar-refractivity contribution in [3.05, 3.63) is 100 Å². The monoisotopic (exact) mass is 526 g/mol. The molecule has 0 spiro atoms. The second kappa shape index (κ2) is 11.8.